The standard InChI is InChI=1S/C23H29N3O6S2/c1-23(2,12-27)21(31)22(32)25-8-7-15(28)24-9-10-33-20-18(30)14-6-4-3-5-13(14)17-19(20)34-11-16(29)26-17/h3-6,21,27,30-31H,7-12H2,1-2H3,(H,24,28)(H,25,32)(H,26,29). The van der Waals surface area contributed by atoms with Crippen molar-refractivity contribution in [2.45, 2.75) is 36.2 Å². The Kier molecular flexibility index (Phi) is 8.69. The second-order valence-electron chi connectivity index (χ2n) is 8.55. The number of aliphatic hydroxyl groups excluding tert-OH is 2. The number of hydrogen-bond acceptors (Lipinski definition) is 8. The van der Waals surface area contributed by atoms with Crippen LogP contribution < -0.4 is 16.0 Å². The van der Waals surface area contributed by atoms with E-state index in [0.717, 1.165) is 10.3 Å². The molecule has 3 amide bonds. The van der Waals surface area contributed by atoms with Crippen LogP contribution >= 0.6 is 23.5 Å². The number of benzene rings is 2. The molecule has 1 aliphatic rings. The quantitative estimate of drug-likeness (QED) is 0.162. The summed E-state index contributed by atoms with van der Waals surface area (Å²) < 4.78 is 0. The number of carbonyl (C=O) groups excluding carboxylic acids is 3. The van der Waals surface area contributed by atoms with Crippen LogP contribution in [0.4, 0.5) is 5.69 Å². The number of thioether (sulfide) groups is 2. The summed E-state index contributed by atoms with van der Waals surface area (Å²) in [5, 5.41) is 39.7. The van der Waals surface area contributed by atoms with Gasteiger partial charge < -0.3 is 31.3 Å². The van der Waals surface area contributed by atoms with Crippen molar-refractivity contribution in [1.29, 1.82) is 0 Å². The minimum Gasteiger partial charge on any atom is -0.506 e. The number of anilines is 1. The van der Waals surface area contributed by atoms with Gasteiger partial charge in [0.1, 0.15) is 11.9 Å². The van der Waals surface area contributed by atoms with Crippen molar-refractivity contribution in [3.8, 4) is 5.75 Å². The van der Waals surface area contributed by atoms with Gasteiger partial charge >= 0.3 is 0 Å². The Labute approximate surface area is 206 Å². The zero-order valence-corrected chi connectivity index (χ0v) is 20.6. The number of amides is 3. The maximum atomic E-state index is 12.1. The molecular formula is C23H29N3O6S2. The summed E-state index contributed by atoms with van der Waals surface area (Å²) in [7, 11) is 0. The Hall–Kier alpha value is -2.47. The Balaban J connectivity index is 1.52. The van der Waals surface area contributed by atoms with Crippen LogP contribution in [-0.4, -0.2) is 70.3 Å². The van der Waals surface area contributed by atoms with Gasteiger partial charge in [-0.3, -0.25) is 14.4 Å². The third kappa shape index (κ3) is 5.96. The number of rotatable bonds is 10. The summed E-state index contributed by atoms with van der Waals surface area (Å²) in [4.78, 5) is 37.5. The molecule has 2 aromatic rings. The second-order valence-corrected chi connectivity index (χ2v) is 10.6. The lowest BCUT2D eigenvalue weighted by Gasteiger charge is -2.27. The summed E-state index contributed by atoms with van der Waals surface area (Å²) in [6, 6.07) is 7.34. The van der Waals surface area contributed by atoms with Crippen LogP contribution in [0.2, 0.25) is 0 Å². The van der Waals surface area contributed by atoms with Gasteiger partial charge in [0.15, 0.2) is 0 Å². The number of phenolic OH excluding ortho intramolecular Hbond substituents is 1. The van der Waals surface area contributed by atoms with E-state index in [1.165, 1.54) is 23.5 Å². The van der Waals surface area contributed by atoms with Crippen molar-refractivity contribution < 1.29 is 29.7 Å². The minimum absolute atomic E-state index is 0.0428. The van der Waals surface area contributed by atoms with Crippen LogP contribution in [0, 0.1) is 5.41 Å². The molecule has 0 saturated heterocycles. The molecule has 0 spiro atoms. The average molecular weight is 508 g/mol. The normalized spacial score (nSPS) is 14.3. The zero-order chi connectivity index (χ0) is 24.9. The van der Waals surface area contributed by atoms with Gasteiger partial charge in [-0.25, -0.2) is 0 Å². The van der Waals surface area contributed by atoms with Gasteiger partial charge in [-0.05, 0) is 0 Å². The van der Waals surface area contributed by atoms with E-state index < -0.39 is 17.4 Å². The largest absolute Gasteiger partial charge is 0.506 e. The lowest BCUT2D eigenvalue weighted by atomic mass is 9.87. The summed E-state index contributed by atoms with van der Waals surface area (Å²) in [5.41, 5.74) is -0.276. The number of carbonyl (C=O) groups is 3. The summed E-state index contributed by atoms with van der Waals surface area (Å²) in [6.45, 7) is 3.19. The maximum Gasteiger partial charge on any atom is 0.249 e. The Bertz CT molecular complexity index is 1090. The van der Waals surface area contributed by atoms with Crippen molar-refractivity contribution in [1.82, 2.24) is 10.6 Å². The predicted molar refractivity (Wildman–Crippen MR) is 133 cm³/mol. The molecule has 0 fully saturated rings. The van der Waals surface area contributed by atoms with E-state index in [9.17, 15) is 29.7 Å². The van der Waals surface area contributed by atoms with E-state index in [1.807, 2.05) is 18.2 Å². The highest BCUT2D eigenvalue weighted by Crippen LogP contribution is 2.49. The number of fused-ring (bicyclic) bond motifs is 3. The van der Waals surface area contributed by atoms with Crippen LogP contribution in [0.5, 0.6) is 5.75 Å². The molecule has 9 nitrogen and oxygen atoms in total. The molecule has 0 aromatic heterocycles. The minimum atomic E-state index is -1.37. The predicted octanol–water partition coefficient (Wildman–Crippen LogP) is 1.68. The maximum absolute atomic E-state index is 12.1. The molecule has 184 valence electrons. The van der Waals surface area contributed by atoms with Crippen LogP contribution in [0.15, 0.2) is 34.1 Å². The summed E-state index contributed by atoms with van der Waals surface area (Å²) in [6.07, 6.45) is -1.33. The molecule has 0 radical (unpaired) electrons. The van der Waals surface area contributed by atoms with E-state index >= 15 is 0 Å². The van der Waals surface area contributed by atoms with Crippen LogP contribution in [0.25, 0.3) is 10.8 Å². The number of hydrogen-bond donors (Lipinski definition) is 6. The van der Waals surface area contributed by atoms with Crippen molar-refractivity contribution in [3.63, 3.8) is 0 Å². The average Bonchev–Trinajstić information content (AvgIpc) is 2.83. The Morgan fingerprint density at radius 3 is 2.62 bits per heavy atom. The van der Waals surface area contributed by atoms with Gasteiger partial charge in [-0.1, -0.05) is 38.1 Å². The molecule has 1 unspecified atom stereocenters. The lowest BCUT2D eigenvalue weighted by molar-refractivity contribution is -0.137. The van der Waals surface area contributed by atoms with Crippen molar-refractivity contribution in [3.05, 3.63) is 24.3 Å². The van der Waals surface area contributed by atoms with Gasteiger partial charge in [0.2, 0.25) is 17.7 Å². The SMILES string of the molecule is CC(C)(CO)C(O)C(=O)NCCC(=O)NCCSc1c2c(c3ccccc3c1O)NC(=O)CS2. The number of aromatic hydroxyl groups is 1. The van der Waals surface area contributed by atoms with Crippen molar-refractivity contribution >= 4 is 57.7 Å². The van der Waals surface area contributed by atoms with Gasteiger partial charge in [-0.15, -0.1) is 23.5 Å². The van der Waals surface area contributed by atoms with Crippen molar-refractivity contribution in [2.24, 2.45) is 5.41 Å². The third-order valence-electron chi connectivity index (χ3n) is 5.43. The molecule has 1 heterocycles. The van der Waals surface area contributed by atoms with E-state index in [4.69, 9.17) is 0 Å². The highest BCUT2D eigenvalue weighted by Gasteiger charge is 2.32. The molecule has 6 N–H and O–H groups in total. The van der Waals surface area contributed by atoms with E-state index in [0.29, 0.717) is 28.3 Å². The summed E-state index contributed by atoms with van der Waals surface area (Å²) >= 11 is 2.77. The molecule has 3 rings (SSSR count). The monoisotopic (exact) mass is 507 g/mol. The molecule has 1 aliphatic heterocycles. The first-order valence-electron chi connectivity index (χ1n) is 10.8. The fourth-order valence-corrected chi connectivity index (χ4v) is 5.47. The van der Waals surface area contributed by atoms with Crippen LogP contribution in [0.3, 0.4) is 0 Å². The van der Waals surface area contributed by atoms with Gasteiger partial charge in [0.05, 0.1) is 22.9 Å². The smallest absolute Gasteiger partial charge is 0.249 e. The van der Waals surface area contributed by atoms with Gasteiger partial charge in [-0.2, -0.15) is 0 Å². The van der Waals surface area contributed by atoms with Crippen LogP contribution in [-0.2, 0) is 14.4 Å². The van der Waals surface area contributed by atoms with Gasteiger partial charge in [0.25, 0.3) is 0 Å². The molecule has 0 aliphatic carbocycles. The number of phenols is 1. The molecule has 1 atom stereocenters. The summed E-state index contributed by atoms with van der Waals surface area (Å²) in [5.74, 6) is -0.0662. The number of aliphatic hydroxyl groups is 2. The van der Waals surface area contributed by atoms with E-state index in [2.05, 4.69) is 16.0 Å². The lowest BCUT2D eigenvalue weighted by Crippen LogP contribution is -2.46. The molecular weight excluding hydrogens is 478 g/mol. The van der Waals surface area contributed by atoms with Gasteiger partial charge in [0, 0.05) is 46.3 Å². The number of nitrogens with one attached hydrogen (secondary N) is 3. The highest BCUT2D eigenvalue weighted by atomic mass is 32.2. The second kappa shape index (κ2) is 11.3. The molecule has 11 heteroatoms. The van der Waals surface area contributed by atoms with Crippen molar-refractivity contribution in [2.75, 3.05) is 36.5 Å². The first kappa shape index (κ1) is 26.1. The van der Waals surface area contributed by atoms with E-state index in [1.54, 1.807) is 19.9 Å². The zero-order valence-electron chi connectivity index (χ0n) is 19.0. The fourth-order valence-electron chi connectivity index (χ4n) is 3.35. The molecule has 34 heavy (non-hydrogen) atoms. The fraction of sp³-hybridized carbons (Fsp3) is 0.435. The Morgan fingerprint density at radius 2 is 1.91 bits per heavy atom. The van der Waals surface area contributed by atoms with E-state index in [-0.39, 0.29) is 42.9 Å². The molecule has 0 bridgehead atoms. The molecule has 2 aromatic carbocycles. The first-order chi connectivity index (χ1) is 16.2. The highest BCUT2D eigenvalue weighted by molar-refractivity contribution is 8.03. The Morgan fingerprint density at radius 1 is 1.21 bits per heavy atom. The molecule has 0 saturated carbocycles. The topological polar surface area (TPSA) is 148 Å². The third-order valence-corrected chi connectivity index (χ3v) is 7.76. The first-order valence-corrected chi connectivity index (χ1v) is 12.8. The van der Waals surface area contributed by atoms with Crippen LogP contribution in [0.1, 0.15) is 20.3 Å².